The van der Waals surface area contributed by atoms with E-state index < -0.39 is 0 Å². The minimum Gasteiger partial charge on any atom is -0.367 e. The van der Waals surface area contributed by atoms with E-state index in [9.17, 15) is 9.59 Å². The van der Waals surface area contributed by atoms with Crippen molar-refractivity contribution in [3.8, 4) is 0 Å². The van der Waals surface area contributed by atoms with Crippen molar-refractivity contribution in [2.45, 2.75) is 17.9 Å². The molecule has 1 aliphatic rings. The largest absolute Gasteiger partial charge is 0.367 e. The third-order valence-electron chi connectivity index (χ3n) is 5.31. The summed E-state index contributed by atoms with van der Waals surface area (Å²) in [6, 6.07) is 23.6. The van der Waals surface area contributed by atoms with E-state index in [-0.39, 0.29) is 11.1 Å². The second kappa shape index (κ2) is 9.27. The summed E-state index contributed by atoms with van der Waals surface area (Å²) in [5.74, 6) is -0.152. The number of hydrogen-bond acceptors (Lipinski definition) is 4. The second-order valence-corrected chi connectivity index (χ2v) is 8.75. The van der Waals surface area contributed by atoms with Gasteiger partial charge in [-0.15, -0.1) is 0 Å². The lowest BCUT2D eigenvalue weighted by molar-refractivity contribution is 0.102. The molecule has 1 N–H and O–H groups in total. The third-order valence-corrected chi connectivity index (χ3v) is 6.36. The molecular formula is C25H25N3O2S. The molecule has 2 amide bonds. The Bertz CT molecular complexity index is 1080. The van der Waals surface area contributed by atoms with Crippen molar-refractivity contribution in [1.82, 2.24) is 4.90 Å². The SMILES string of the molecule is CN(C)C(=O)Sc1ccc(NC(=O)c2ccc(N3CCc4ccccc4C3)cc2)cc1. The van der Waals surface area contributed by atoms with Gasteiger partial charge in [0.2, 0.25) is 0 Å². The highest BCUT2D eigenvalue weighted by Crippen LogP contribution is 2.25. The van der Waals surface area contributed by atoms with Gasteiger partial charge in [-0.1, -0.05) is 24.3 Å². The maximum Gasteiger partial charge on any atom is 0.285 e. The molecule has 0 saturated carbocycles. The van der Waals surface area contributed by atoms with Crippen molar-refractivity contribution < 1.29 is 9.59 Å². The van der Waals surface area contributed by atoms with Crippen LogP contribution in [-0.4, -0.2) is 36.7 Å². The molecule has 5 nitrogen and oxygen atoms in total. The Morgan fingerprint density at radius 3 is 2.26 bits per heavy atom. The van der Waals surface area contributed by atoms with E-state index in [1.807, 2.05) is 48.5 Å². The molecule has 1 aliphatic heterocycles. The van der Waals surface area contributed by atoms with Crippen LogP contribution in [0.15, 0.2) is 77.7 Å². The fraction of sp³-hybridized carbons (Fsp3) is 0.200. The Morgan fingerprint density at radius 2 is 1.58 bits per heavy atom. The van der Waals surface area contributed by atoms with Gasteiger partial charge in [-0.25, -0.2) is 0 Å². The van der Waals surface area contributed by atoms with Gasteiger partial charge in [0.25, 0.3) is 11.1 Å². The molecular weight excluding hydrogens is 406 g/mol. The smallest absolute Gasteiger partial charge is 0.285 e. The number of anilines is 2. The van der Waals surface area contributed by atoms with Crippen molar-refractivity contribution in [2.75, 3.05) is 30.9 Å². The lowest BCUT2D eigenvalue weighted by Crippen LogP contribution is -2.30. The quantitative estimate of drug-likeness (QED) is 0.572. The Balaban J connectivity index is 1.37. The molecule has 3 aromatic carbocycles. The van der Waals surface area contributed by atoms with Crippen LogP contribution in [0.25, 0.3) is 0 Å². The summed E-state index contributed by atoms with van der Waals surface area (Å²) in [5.41, 5.74) is 5.22. The van der Waals surface area contributed by atoms with Crippen molar-refractivity contribution >= 4 is 34.3 Å². The zero-order valence-electron chi connectivity index (χ0n) is 17.7. The number of fused-ring (bicyclic) bond motifs is 1. The number of carbonyl (C=O) groups excluding carboxylic acids is 2. The number of thioether (sulfide) groups is 1. The topological polar surface area (TPSA) is 52.7 Å². The molecule has 6 heteroatoms. The Kier molecular flexibility index (Phi) is 6.28. The molecule has 0 aliphatic carbocycles. The molecule has 0 atom stereocenters. The zero-order chi connectivity index (χ0) is 21.8. The van der Waals surface area contributed by atoms with E-state index in [0.29, 0.717) is 11.3 Å². The van der Waals surface area contributed by atoms with Crippen LogP contribution >= 0.6 is 11.8 Å². The summed E-state index contributed by atoms with van der Waals surface area (Å²) in [5, 5.41) is 2.88. The zero-order valence-corrected chi connectivity index (χ0v) is 18.5. The van der Waals surface area contributed by atoms with Crippen molar-refractivity contribution in [3.05, 3.63) is 89.5 Å². The Labute approximate surface area is 187 Å². The highest BCUT2D eigenvalue weighted by atomic mass is 32.2. The van der Waals surface area contributed by atoms with Crippen LogP contribution in [0.5, 0.6) is 0 Å². The highest BCUT2D eigenvalue weighted by Gasteiger charge is 2.16. The first-order chi connectivity index (χ1) is 15.0. The van der Waals surface area contributed by atoms with Crippen molar-refractivity contribution in [3.63, 3.8) is 0 Å². The number of rotatable bonds is 4. The van der Waals surface area contributed by atoms with Crippen molar-refractivity contribution in [1.29, 1.82) is 0 Å². The average molecular weight is 432 g/mol. The van der Waals surface area contributed by atoms with E-state index in [2.05, 4.69) is 34.5 Å². The average Bonchev–Trinajstić information content (AvgIpc) is 2.80. The van der Waals surface area contributed by atoms with Crippen LogP contribution in [0.1, 0.15) is 21.5 Å². The first-order valence-electron chi connectivity index (χ1n) is 10.2. The second-order valence-electron chi connectivity index (χ2n) is 7.73. The molecule has 0 bridgehead atoms. The van der Waals surface area contributed by atoms with E-state index in [1.165, 1.54) is 16.0 Å². The molecule has 158 valence electrons. The van der Waals surface area contributed by atoms with Crippen LogP contribution in [-0.2, 0) is 13.0 Å². The minimum absolute atomic E-state index is 0.0333. The normalized spacial score (nSPS) is 12.8. The van der Waals surface area contributed by atoms with Gasteiger partial charge in [0.1, 0.15) is 0 Å². The van der Waals surface area contributed by atoms with E-state index >= 15 is 0 Å². The number of amides is 2. The van der Waals surface area contributed by atoms with Crippen LogP contribution in [0.2, 0.25) is 0 Å². The summed E-state index contributed by atoms with van der Waals surface area (Å²) in [7, 11) is 3.44. The molecule has 1 heterocycles. The lowest BCUT2D eigenvalue weighted by atomic mass is 9.99. The molecule has 31 heavy (non-hydrogen) atoms. The summed E-state index contributed by atoms with van der Waals surface area (Å²) < 4.78 is 0. The first-order valence-corrected chi connectivity index (χ1v) is 11.0. The molecule has 3 aromatic rings. The molecule has 0 aromatic heterocycles. The Morgan fingerprint density at radius 1 is 0.903 bits per heavy atom. The third kappa shape index (κ3) is 5.09. The maximum atomic E-state index is 12.6. The minimum atomic E-state index is -0.152. The fourth-order valence-corrected chi connectivity index (χ4v) is 4.20. The molecule has 0 unspecified atom stereocenters. The van der Waals surface area contributed by atoms with Gasteiger partial charge in [0, 0.05) is 49.0 Å². The molecule has 0 saturated heterocycles. The van der Waals surface area contributed by atoms with E-state index in [1.54, 1.807) is 14.1 Å². The fourth-order valence-electron chi connectivity index (χ4n) is 3.54. The van der Waals surface area contributed by atoms with Gasteiger partial charge in [-0.05, 0) is 77.8 Å². The lowest BCUT2D eigenvalue weighted by Gasteiger charge is -2.30. The van der Waals surface area contributed by atoms with Gasteiger partial charge >= 0.3 is 0 Å². The van der Waals surface area contributed by atoms with Crippen LogP contribution in [0.4, 0.5) is 16.2 Å². The van der Waals surface area contributed by atoms with Gasteiger partial charge in [-0.3, -0.25) is 9.59 Å². The van der Waals surface area contributed by atoms with Crippen LogP contribution in [0.3, 0.4) is 0 Å². The maximum absolute atomic E-state index is 12.6. The van der Waals surface area contributed by atoms with Crippen LogP contribution < -0.4 is 10.2 Å². The summed E-state index contributed by atoms with van der Waals surface area (Å²) in [4.78, 5) is 29.1. The number of nitrogens with one attached hydrogen (secondary N) is 1. The molecule has 0 spiro atoms. The monoisotopic (exact) mass is 431 g/mol. The number of nitrogens with zero attached hydrogens (tertiary/aromatic N) is 2. The number of carbonyl (C=O) groups is 2. The summed E-state index contributed by atoms with van der Waals surface area (Å²) in [6.07, 6.45) is 1.03. The summed E-state index contributed by atoms with van der Waals surface area (Å²) in [6.45, 7) is 1.87. The van der Waals surface area contributed by atoms with E-state index in [0.717, 1.165) is 41.9 Å². The van der Waals surface area contributed by atoms with Gasteiger partial charge in [-0.2, -0.15) is 0 Å². The number of benzene rings is 3. The highest BCUT2D eigenvalue weighted by molar-refractivity contribution is 8.13. The van der Waals surface area contributed by atoms with Gasteiger partial charge in [0.05, 0.1) is 0 Å². The van der Waals surface area contributed by atoms with E-state index in [4.69, 9.17) is 0 Å². The molecule has 0 fully saturated rings. The molecule has 0 radical (unpaired) electrons. The van der Waals surface area contributed by atoms with Gasteiger partial charge in [0.15, 0.2) is 0 Å². The standard InChI is InChI=1S/C25H25N3O2S/c1-27(2)25(30)31-23-13-9-21(10-14-23)26-24(29)19-7-11-22(12-8-19)28-16-15-18-5-3-4-6-20(18)17-28/h3-14H,15-17H2,1-2H3,(H,26,29). The van der Waals surface area contributed by atoms with Gasteiger partial charge < -0.3 is 15.1 Å². The van der Waals surface area contributed by atoms with Crippen LogP contribution in [0, 0.1) is 0 Å². The predicted octanol–water partition coefficient (Wildman–Crippen LogP) is 5.28. The first kappa shape index (κ1) is 21.0. The summed E-state index contributed by atoms with van der Waals surface area (Å²) >= 11 is 1.16. The number of hydrogen-bond donors (Lipinski definition) is 1. The molecule has 4 rings (SSSR count). The van der Waals surface area contributed by atoms with Crippen molar-refractivity contribution in [2.24, 2.45) is 0 Å². The predicted molar refractivity (Wildman–Crippen MR) is 127 cm³/mol. The Hall–Kier alpha value is -3.25.